The van der Waals surface area contributed by atoms with E-state index in [0.29, 0.717) is 71.0 Å². The van der Waals surface area contributed by atoms with Gasteiger partial charge in [-0.3, -0.25) is 14.5 Å². The first kappa shape index (κ1) is 62.4. The summed E-state index contributed by atoms with van der Waals surface area (Å²) in [6.07, 6.45) is 0.0514. The molecule has 0 unspecified atom stereocenters. The van der Waals surface area contributed by atoms with Crippen LogP contribution in [0.25, 0.3) is 0 Å². The van der Waals surface area contributed by atoms with Crippen LogP contribution in [-0.2, 0) is 54.3 Å². The van der Waals surface area contributed by atoms with Crippen molar-refractivity contribution in [2.24, 2.45) is 0 Å². The van der Waals surface area contributed by atoms with E-state index in [9.17, 15) is 37.5 Å². The molecule has 0 bridgehead atoms. The smallest absolute Gasteiger partial charge is 0.793 e. The van der Waals surface area contributed by atoms with Crippen LogP contribution in [-0.4, -0.2) is 175 Å². The molecule has 4 aliphatic heterocycles. The van der Waals surface area contributed by atoms with E-state index in [1.807, 2.05) is 58.6 Å². The van der Waals surface area contributed by atoms with E-state index in [0.717, 1.165) is 77.6 Å². The summed E-state index contributed by atoms with van der Waals surface area (Å²) in [6, 6.07) is 10.2. The van der Waals surface area contributed by atoms with Gasteiger partial charge in [0.1, 0.15) is 22.8 Å². The van der Waals surface area contributed by atoms with Crippen LogP contribution in [0.15, 0.2) is 36.4 Å². The molecule has 69 heavy (non-hydrogen) atoms. The molecule has 2 aromatic rings. The molecule has 0 aliphatic carbocycles. The third-order valence-electron chi connectivity index (χ3n) is 9.53. The van der Waals surface area contributed by atoms with Crippen molar-refractivity contribution in [3.05, 3.63) is 59.2 Å². The van der Waals surface area contributed by atoms with Gasteiger partial charge in [-0.25, -0.2) is 37.7 Å². The van der Waals surface area contributed by atoms with Gasteiger partial charge in [-0.15, -0.1) is 0 Å². The number of anilines is 2. The molecule has 0 spiro atoms. The Kier molecular flexibility index (Phi) is 29.3. The van der Waals surface area contributed by atoms with E-state index in [4.69, 9.17) is 18.9 Å². The van der Waals surface area contributed by atoms with E-state index < -0.39 is 29.3 Å². The van der Waals surface area contributed by atoms with E-state index in [1.165, 1.54) is 19.1 Å². The zero-order valence-electron chi connectivity index (χ0n) is 41.9. The average Bonchev–Trinajstić information content (AvgIpc) is 3.30. The van der Waals surface area contributed by atoms with E-state index >= 15 is 0 Å². The van der Waals surface area contributed by atoms with Crippen molar-refractivity contribution in [1.82, 2.24) is 20.0 Å². The molecule has 2 amide bonds. The molecular formula is C46H69BF2N6NaO13. The van der Waals surface area contributed by atoms with Crippen molar-refractivity contribution in [3.8, 4) is 0 Å². The molecule has 6 rings (SSSR count). The summed E-state index contributed by atoms with van der Waals surface area (Å²) < 4.78 is 52.7. The second kappa shape index (κ2) is 32.3. The number of hydrogen-bond acceptors (Lipinski definition) is 17. The Morgan fingerprint density at radius 1 is 0.638 bits per heavy atom. The molecule has 4 aliphatic rings. The second-order valence-corrected chi connectivity index (χ2v) is 17.5. The van der Waals surface area contributed by atoms with Gasteiger partial charge in [-0.1, -0.05) is 6.07 Å². The third-order valence-corrected chi connectivity index (χ3v) is 9.53. The Morgan fingerprint density at radius 2 is 1.04 bits per heavy atom. The van der Waals surface area contributed by atoms with Crippen molar-refractivity contribution in [1.29, 1.82) is 0 Å². The number of morpholine rings is 2. The Hall–Kier alpha value is -4.58. The van der Waals surface area contributed by atoms with Gasteiger partial charge in [0.15, 0.2) is 6.29 Å². The number of benzene rings is 2. The number of aldehydes is 1. The van der Waals surface area contributed by atoms with Crippen LogP contribution in [0.2, 0.25) is 0 Å². The van der Waals surface area contributed by atoms with E-state index in [1.54, 1.807) is 21.9 Å². The molecule has 4 heterocycles. The number of hydrogen-bond donors (Lipinski definition) is 1. The predicted octanol–water partition coefficient (Wildman–Crippen LogP) is 1.68. The minimum absolute atomic E-state index is 0. The van der Waals surface area contributed by atoms with Gasteiger partial charge < -0.3 is 56.6 Å². The topological polar surface area (TPSA) is 195 Å². The fraction of sp³-hybridized carbons (Fsp3) is 0.609. The maximum Gasteiger partial charge on any atom is 1.00 e. The zero-order chi connectivity index (χ0) is 50.9. The summed E-state index contributed by atoms with van der Waals surface area (Å²) >= 11 is 0. The molecule has 0 atom stereocenters. The molecule has 4 fully saturated rings. The standard InChI is InChI=1S/C20H30FN3O3.C11H12FNO2.C9H18N2O2.C4H6O4.C2H3BO2.Na/c1-20(2,3)27-19(25)24-8-6-22(7-9-24)15-16-4-5-17(14-18(16)21)23-10-12-26-13-11-23;12-11-7-10(2-1-9(11)8-14)13-3-5-15-6-4-13;1-9(2,3)13-8(12)11-6-4-10-5-7-11;1-3(5)7-8-4(2)6;1-2(4)5-3;/h4-5,14H,6-13,15H2,1-3H3;1-2,7-8H,3-6H2;10H,4-7H2,1-3H3;1-2H3;1H3;/q;;;;-1;+1. The first-order valence-electron chi connectivity index (χ1n) is 22.3. The Morgan fingerprint density at radius 3 is 1.41 bits per heavy atom. The van der Waals surface area contributed by atoms with Gasteiger partial charge >= 0.3 is 53.7 Å². The fourth-order valence-electron chi connectivity index (χ4n) is 6.26. The van der Waals surface area contributed by atoms with Gasteiger partial charge in [0.2, 0.25) is 5.97 Å². The summed E-state index contributed by atoms with van der Waals surface area (Å²) in [5, 5.41) is 3.18. The summed E-state index contributed by atoms with van der Waals surface area (Å²) in [4.78, 5) is 80.7. The number of carbonyl (C=O) groups is 6. The molecule has 1 N–H and O–H groups in total. The summed E-state index contributed by atoms with van der Waals surface area (Å²) in [5.74, 6) is -2.38. The summed E-state index contributed by atoms with van der Waals surface area (Å²) in [6.45, 7) is 27.0. The molecule has 19 nitrogen and oxygen atoms in total. The van der Waals surface area contributed by atoms with Crippen LogP contribution >= 0.6 is 0 Å². The number of piperazine rings is 2. The van der Waals surface area contributed by atoms with Crippen molar-refractivity contribution >= 4 is 55.8 Å². The van der Waals surface area contributed by atoms with Crippen LogP contribution in [0.4, 0.5) is 29.7 Å². The number of halogens is 2. The Bertz CT molecular complexity index is 1890. The van der Waals surface area contributed by atoms with Crippen LogP contribution in [0.3, 0.4) is 0 Å². The molecule has 0 saturated carbocycles. The first-order valence-corrected chi connectivity index (χ1v) is 22.3. The van der Waals surface area contributed by atoms with Crippen LogP contribution in [0, 0.1) is 11.6 Å². The molecule has 3 radical (unpaired) electrons. The Balaban J connectivity index is 0.000000482. The zero-order valence-corrected chi connectivity index (χ0v) is 43.9. The molecular weight excluding hydrogens is 916 g/mol. The number of nitrogens with one attached hydrogen (secondary N) is 1. The SMILES string of the molecule is CC(=O)OOC(C)=O.CC(C)(C)OC(=O)N1CCN(Cc2ccc(N3CCOCC3)cc2F)CC1.CC(C)(C)OC(=O)N1CCNCC1.O=Cc1ccc(N2CCOCC2)cc1F.[B-]OC(C)=O.[Na+]. The normalized spacial score (nSPS) is 16.0. The minimum Gasteiger partial charge on any atom is -0.793 e. The van der Waals surface area contributed by atoms with Crippen LogP contribution < -0.4 is 44.7 Å². The number of nitrogens with zero attached hydrogens (tertiary/aromatic N) is 5. The number of ether oxygens (including phenoxy) is 4. The molecule has 379 valence electrons. The van der Waals surface area contributed by atoms with Crippen molar-refractivity contribution in [2.75, 3.05) is 115 Å². The van der Waals surface area contributed by atoms with Crippen molar-refractivity contribution in [2.45, 2.75) is 80.1 Å². The fourth-order valence-corrected chi connectivity index (χ4v) is 6.26. The van der Waals surface area contributed by atoms with E-state index in [-0.39, 0.29) is 58.7 Å². The van der Waals surface area contributed by atoms with Gasteiger partial charge in [0, 0.05) is 123 Å². The first-order chi connectivity index (χ1) is 32.0. The number of carbonyl (C=O) groups excluding carboxylic acids is 6. The van der Waals surface area contributed by atoms with Crippen LogP contribution in [0.5, 0.6) is 0 Å². The molecule has 4 saturated heterocycles. The molecule has 2 aromatic carbocycles. The van der Waals surface area contributed by atoms with Crippen molar-refractivity contribution < 1.29 is 100 Å². The van der Waals surface area contributed by atoms with Gasteiger partial charge in [0.05, 0.1) is 32.0 Å². The van der Waals surface area contributed by atoms with Crippen LogP contribution in [0.1, 0.15) is 78.2 Å². The van der Waals surface area contributed by atoms with Gasteiger partial charge in [0.25, 0.3) is 0 Å². The minimum atomic E-state index is -0.639. The van der Waals surface area contributed by atoms with E-state index in [2.05, 4.69) is 37.6 Å². The molecule has 0 aromatic heterocycles. The molecule has 23 heteroatoms. The van der Waals surface area contributed by atoms with Gasteiger partial charge in [-0.2, -0.15) is 0 Å². The van der Waals surface area contributed by atoms with Crippen molar-refractivity contribution in [3.63, 3.8) is 0 Å². The number of amides is 2. The number of rotatable bonds is 5. The summed E-state index contributed by atoms with van der Waals surface area (Å²) in [5.41, 5.74) is 1.64. The maximum atomic E-state index is 14.6. The third kappa shape index (κ3) is 26.8. The monoisotopic (exact) mass is 985 g/mol. The summed E-state index contributed by atoms with van der Waals surface area (Å²) in [7, 11) is 4.32. The quantitative estimate of drug-likeness (QED) is 0.197. The predicted molar refractivity (Wildman–Crippen MR) is 249 cm³/mol. The second-order valence-electron chi connectivity index (χ2n) is 17.5. The average molecular weight is 986 g/mol. The van der Waals surface area contributed by atoms with Gasteiger partial charge in [-0.05, 0) is 71.9 Å². The maximum absolute atomic E-state index is 14.6. The Labute approximate surface area is 428 Å². The largest absolute Gasteiger partial charge is 1.00 e.